The molecule has 5 heteroatoms. The minimum absolute atomic E-state index is 0.0859. The molecule has 0 aromatic heterocycles. The molecular formula is C22H22N2O3. The molecule has 0 aliphatic carbocycles. The lowest BCUT2D eigenvalue weighted by atomic mass is 9.82. The summed E-state index contributed by atoms with van der Waals surface area (Å²) in [4.78, 5) is 18.3. The largest absolute Gasteiger partial charge is 0.375 e. The number of carbonyl (C=O) groups is 1. The average Bonchev–Trinajstić information content (AvgIpc) is 3.18. The highest BCUT2D eigenvalue weighted by atomic mass is 16.7. The van der Waals surface area contributed by atoms with Crippen molar-refractivity contribution in [2.75, 3.05) is 13.2 Å². The molecule has 1 spiro atoms. The Morgan fingerprint density at radius 3 is 2.59 bits per heavy atom. The van der Waals surface area contributed by atoms with Gasteiger partial charge < -0.3 is 9.57 Å². The van der Waals surface area contributed by atoms with Gasteiger partial charge in [-0.15, -0.1) is 5.06 Å². The van der Waals surface area contributed by atoms with Crippen LogP contribution in [0.4, 0.5) is 0 Å². The summed E-state index contributed by atoms with van der Waals surface area (Å²) < 4.78 is 6.10. The number of hydrogen-bond donors (Lipinski definition) is 0. The van der Waals surface area contributed by atoms with Gasteiger partial charge in [0.15, 0.2) is 0 Å². The Hall–Kier alpha value is -2.68. The normalized spacial score (nSPS) is 25.2. The van der Waals surface area contributed by atoms with Crippen LogP contribution in [0.1, 0.15) is 53.2 Å². The summed E-state index contributed by atoms with van der Waals surface area (Å²) in [5.41, 5.74) is 2.06. The average molecular weight is 362 g/mol. The summed E-state index contributed by atoms with van der Waals surface area (Å²) >= 11 is 0. The summed E-state index contributed by atoms with van der Waals surface area (Å²) in [7, 11) is 0. The maximum Gasteiger partial charge on any atom is 0.357 e. The Morgan fingerprint density at radius 2 is 1.93 bits per heavy atom. The van der Waals surface area contributed by atoms with Gasteiger partial charge in [-0.1, -0.05) is 30.3 Å². The van der Waals surface area contributed by atoms with Crippen LogP contribution in [0, 0.1) is 11.3 Å². The highest BCUT2D eigenvalue weighted by Gasteiger charge is 2.44. The third kappa shape index (κ3) is 3.73. The lowest BCUT2D eigenvalue weighted by Crippen LogP contribution is -2.46. The number of nitriles is 1. The number of rotatable bonds is 3. The summed E-state index contributed by atoms with van der Waals surface area (Å²) in [5.74, 6) is -0.350. The predicted octanol–water partition coefficient (Wildman–Crippen LogP) is 4.02. The fourth-order valence-corrected chi connectivity index (χ4v) is 4.05. The van der Waals surface area contributed by atoms with E-state index in [9.17, 15) is 4.79 Å². The Balaban J connectivity index is 1.58. The van der Waals surface area contributed by atoms with E-state index < -0.39 is 0 Å². The number of ether oxygens (including phenoxy) is 1. The quantitative estimate of drug-likeness (QED) is 0.825. The van der Waals surface area contributed by atoms with E-state index in [1.54, 1.807) is 17.2 Å². The number of piperidine rings is 1. The number of benzene rings is 2. The molecule has 2 heterocycles. The number of hydroxylamine groups is 2. The fraction of sp³-hybridized carbons (Fsp3) is 0.364. The van der Waals surface area contributed by atoms with E-state index in [2.05, 4.69) is 6.07 Å². The van der Waals surface area contributed by atoms with Crippen molar-refractivity contribution >= 4 is 5.97 Å². The molecule has 138 valence electrons. The van der Waals surface area contributed by atoms with Crippen LogP contribution in [0.2, 0.25) is 0 Å². The molecule has 2 aromatic carbocycles. The van der Waals surface area contributed by atoms with Crippen LogP contribution in [0.5, 0.6) is 0 Å². The molecule has 2 saturated heterocycles. The van der Waals surface area contributed by atoms with E-state index in [1.165, 1.54) is 0 Å². The fourth-order valence-electron chi connectivity index (χ4n) is 4.05. The van der Waals surface area contributed by atoms with E-state index in [4.69, 9.17) is 14.8 Å². The van der Waals surface area contributed by atoms with Crippen LogP contribution in [-0.2, 0) is 9.57 Å². The van der Waals surface area contributed by atoms with Gasteiger partial charge in [0.25, 0.3) is 0 Å². The molecule has 2 aliphatic heterocycles. The zero-order valence-electron chi connectivity index (χ0n) is 15.1. The van der Waals surface area contributed by atoms with Crippen LogP contribution >= 0.6 is 0 Å². The molecule has 0 bridgehead atoms. The first-order valence-corrected chi connectivity index (χ1v) is 9.37. The van der Waals surface area contributed by atoms with Gasteiger partial charge in [-0.3, -0.25) is 0 Å². The van der Waals surface area contributed by atoms with Crippen molar-refractivity contribution in [2.45, 2.75) is 37.3 Å². The Morgan fingerprint density at radius 1 is 1.15 bits per heavy atom. The van der Waals surface area contributed by atoms with Crippen molar-refractivity contribution in [3.8, 4) is 6.07 Å². The smallest absolute Gasteiger partial charge is 0.357 e. The molecule has 0 saturated carbocycles. The van der Waals surface area contributed by atoms with E-state index in [1.807, 2.05) is 42.5 Å². The molecule has 2 atom stereocenters. The second-order valence-corrected chi connectivity index (χ2v) is 7.22. The third-order valence-corrected chi connectivity index (χ3v) is 5.52. The molecular weight excluding hydrogens is 340 g/mol. The zero-order valence-corrected chi connectivity index (χ0v) is 15.1. The van der Waals surface area contributed by atoms with Crippen LogP contribution in [0.15, 0.2) is 54.6 Å². The van der Waals surface area contributed by atoms with Gasteiger partial charge in [0, 0.05) is 13.2 Å². The summed E-state index contributed by atoms with van der Waals surface area (Å²) in [5, 5.41) is 10.8. The maximum atomic E-state index is 12.6. The van der Waals surface area contributed by atoms with Crippen molar-refractivity contribution < 1.29 is 14.4 Å². The van der Waals surface area contributed by atoms with Crippen molar-refractivity contribution in [1.82, 2.24) is 5.06 Å². The van der Waals surface area contributed by atoms with Crippen LogP contribution in [0.3, 0.4) is 0 Å². The van der Waals surface area contributed by atoms with Gasteiger partial charge >= 0.3 is 5.97 Å². The SMILES string of the molecule is N#Cc1ccc(C2CC3(CCCO3)CCN2OC(=O)c2ccccc2)cc1. The first-order valence-electron chi connectivity index (χ1n) is 9.37. The van der Waals surface area contributed by atoms with E-state index >= 15 is 0 Å². The summed E-state index contributed by atoms with van der Waals surface area (Å²) in [6.45, 7) is 1.42. The number of carbonyl (C=O) groups excluding carboxylic acids is 1. The van der Waals surface area contributed by atoms with Crippen LogP contribution < -0.4 is 0 Å². The minimum Gasteiger partial charge on any atom is -0.375 e. The zero-order chi connectivity index (χ0) is 18.7. The standard InChI is InChI=1S/C22H22N2O3/c23-16-17-7-9-18(10-8-17)20-15-22(11-4-14-26-22)12-13-24(20)27-21(25)19-5-2-1-3-6-19/h1-3,5-10,20H,4,11-15H2. The topological polar surface area (TPSA) is 62.6 Å². The Bertz CT molecular complexity index is 836. The summed E-state index contributed by atoms with van der Waals surface area (Å²) in [6.07, 6.45) is 3.74. The molecule has 4 rings (SSSR count). The summed E-state index contributed by atoms with van der Waals surface area (Å²) in [6, 6.07) is 18.6. The molecule has 2 unspecified atom stereocenters. The van der Waals surface area contributed by atoms with Gasteiger partial charge in [-0.2, -0.15) is 5.26 Å². The lowest BCUT2D eigenvalue weighted by Gasteiger charge is -2.43. The third-order valence-electron chi connectivity index (χ3n) is 5.52. The Labute approximate surface area is 159 Å². The first kappa shape index (κ1) is 17.7. The predicted molar refractivity (Wildman–Crippen MR) is 99.6 cm³/mol. The van der Waals surface area contributed by atoms with Crippen molar-refractivity contribution in [3.05, 3.63) is 71.3 Å². The van der Waals surface area contributed by atoms with Crippen molar-refractivity contribution in [3.63, 3.8) is 0 Å². The Kier molecular flexibility index (Phi) is 4.93. The van der Waals surface area contributed by atoms with Gasteiger partial charge in [0.1, 0.15) is 0 Å². The molecule has 0 amide bonds. The monoisotopic (exact) mass is 362 g/mol. The van der Waals surface area contributed by atoms with Gasteiger partial charge in [-0.05, 0) is 55.5 Å². The minimum atomic E-state index is -0.350. The highest BCUT2D eigenvalue weighted by Crippen LogP contribution is 2.44. The van der Waals surface area contributed by atoms with Gasteiger partial charge in [-0.25, -0.2) is 4.79 Å². The van der Waals surface area contributed by atoms with Crippen molar-refractivity contribution in [1.29, 1.82) is 5.26 Å². The first-order chi connectivity index (χ1) is 13.2. The second kappa shape index (κ2) is 7.51. The molecule has 2 aliphatic rings. The lowest BCUT2D eigenvalue weighted by molar-refractivity contribution is -0.189. The molecule has 5 nitrogen and oxygen atoms in total. The van der Waals surface area contributed by atoms with Crippen LogP contribution in [0.25, 0.3) is 0 Å². The van der Waals surface area contributed by atoms with E-state index in [-0.39, 0.29) is 17.6 Å². The molecule has 0 radical (unpaired) electrons. The highest BCUT2D eigenvalue weighted by molar-refractivity contribution is 5.89. The molecule has 2 fully saturated rings. The molecule has 0 N–H and O–H groups in total. The van der Waals surface area contributed by atoms with Crippen molar-refractivity contribution in [2.24, 2.45) is 0 Å². The van der Waals surface area contributed by atoms with Gasteiger partial charge in [0.05, 0.1) is 28.8 Å². The van der Waals surface area contributed by atoms with E-state index in [0.29, 0.717) is 17.7 Å². The number of nitrogens with zero attached hydrogens (tertiary/aromatic N) is 2. The maximum absolute atomic E-state index is 12.6. The molecule has 2 aromatic rings. The van der Waals surface area contributed by atoms with E-state index in [0.717, 1.165) is 37.9 Å². The van der Waals surface area contributed by atoms with Crippen LogP contribution in [-0.4, -0.2) is 29.8 Å². The van der Waals surface area contributed by atoms with Gasteiger partial charge in [0.2, 0.25) is 0 Å². The number of hydrogen-bond acceptors (Lipinski definition) is 5. The molecule has 27 heavy (non-hydrogen) atoms. The second-order valence-electron chi connectivity index (χ2n) is 7.22.